The first-order valence-electron chi connectivity index (χ1n) is 8.39. The Morgan fingerprint density at radius 3 is 1.40 bits per heavy atom. The quantitative estimate of drug-likeness (QED) is 0.535. The molecule has 3 aromatic rings. The van der Waals surface area contributed by atoms with Crippen LogP contribution in [0.15, 0.2) is 91.0 Å². The highest BCUT2D eigenvalue weighted by molar-refractivity contribution is 5.23. The van der Waals surface area contributed by atoms with Gasteiger partial charge in [0.25, 0.3) is 6.43 Å². The summed E-state index contributed by atoms with van der Waals surface area (Å²) in [4.78, 5) is 1.85. The number of alkyl halides is 2. The lowest BCUT2D eigenvalue weighted by Crippen LogP contribution is -2.32. The Hall–Kier alpha value is -2.52. The van der Waals surface area contributed by atoms with E-state index in [0.29, 0.717) is 18.7 Å². The average molecular weight is 337 g/mol. The Morgan fingerprint density at radius 2 is 1.00 bits per heavy atom. The Kier molecular flexibility index (Phi) is 5.91. The third kappa shape index (κ3) is 4.74. The summed E-state index contributed by atoms with van der Waals surface area (Å²) in [6.07, 6.45) is -2.46. The minimum atomic E-state index is -2.46. The van der Waals surface area contributed by atoms with Crippen molar-refractivity contribution in [2.24, 2.45) is 0 Å². The fourth-order valence-corrected chi connectivity index (χ4v) is 3.05. The van der Waals surface area contributed by atoms with Crippen LogP contribution in [-0.4, -0.2) is 11.3 Å². The van der Waals surface area contributed by atoms with Crippen LogP contribution < -0.4 is 0 Å². The van der Waals surface area contributed by atoms with Crippen molar-refractivity contribution >= 4 is 0 Å². The lowest BCUT2D eigenvalue weighted by molar-refractivity contribution is 0.0150. The van der Waals surface area contributed by atoms with Crippen molar-refractivity contribution in [3.8, 4) is 0 Å². The van der Waals surface area contributed by atoms with Crippen molar-refractivity contribution < 1.29 is 8.78 Å². The lowest BCUT2D eigenvalue weighted by Gasteiger charge is -2.32. The molecule has 0 spiro atoms. The standard InChI is InChI=1S/C22H21F2N/c23-22(24)21(20-14-8-3-9-15-20)25(16-18-10-4-1-5-11-18)17-19-12-6-2-7-13-19/h1-15,21-22H,16-17H2. The van der Waals surface area contributed by atoms with Crippen molar-refractivity contribution in [3.05, 3.63) is 108 Å². The molecule has 0 bridgehead atoms. The second kappa shape index (κ2) is 8.54. The van der Waals surface area contributed by atoms with Gasteiger partial charge in [-0.3, -0.25) is 4.90 Å². The number of nitrogens with zero attached hydrogens (tertiary/aromatic N) is 1. The van der Waals surface area contributed by atoms with E-state index in [1.807, 2.05) is 83.8 Å². The van der Waals surface area contributed by atoms with Crippen LogP contribution in [-0.2, 0) is 13.1 Å². The zero-order valence-corrected chi connectivity index (χ0v) is 13.9. The third-order valence-electron chi connectivity index (χ3n) is 4.23. The lowest BCUT2D eigenvalue weighted by atomic mass is 10.0. The molecule has 128 valence electrons. The van der Waals surface area contributed by atoms with Gasteiger partial charge in [-0.15, -0.1) is 0 Å². The van der Waals surface area contributed by atoms with Crippen LogP contribution in [0, 0.1) is 0 Å². The first-order valence-corrected chi connectivity index (χ1v) is 8.39. The van der Waals surface area contributed by atoms with E-state index < -0.39 is 12.5 Å². The highest BCUT2D eigenvalue weighted by Crippen LogP contribution is 2.30. The summed E-state index contributed by atoms with van der Waals surface area (Å²) < 4.78 is 28.0. The van der Waals surface area contributed by atoms with Crippen molar-refractivity contribution in [2.45, 2.75) is 25.6 Å². The third-order valence-corrected chi connectivity index (χ3v) is 4.23. The zero-order chi connectivity index (χ0) is 17.5. The molecule has 0 N–H and O–H groups in total. The van der Waals surface area contributed by atoms with Crippen molar-refractivity contribution in [1.29, 1.82) is 0 Å². The van der Waals surface area contributed by atoms with E-state index in [-0.39, 0.29) is 0 Å². The molecule has 0 aliphatic carbocycles. The Bertz CT molecular complexity index is 703. The van der Waals surface area contributed by atoms with Gasteiger partial charge in [0.2, 0.25) is 0 Å². The zero-order valence-electron chi connectivity index (χ0n) is 13.9. The maximum atomic E-state index is 14.0. The second-order valence-electron chi connectivity index (χ2n) is 6.07. The summed E-state index contributed by atoms with van der Waals surface area (Å²) in [5.74, 6) is 0. The molecule has 0 fully saturated rings. The minimum absolute atomic E-state index is 0.472. The molecule has 0 heterocycles. The molecule has 3 aromatic carbocycles. The van der Waals surface area contributed by atoms with Gasteiger partial charge in [-0.1, -0.05) is 91.0 Å². The van der Waals surface area contributed by atoms with Gasteiger partial charge in [0.15, 0.2) is 0 Å². The molecule has 0 amide bonds. The van der Waals surface area contributed by atoms with E-state index in [1.54, 1.807) is 12.1 Å². The fraction of sp³-hybridized carbons (Fsp3) is 0.182. The van der Waals surface area contributed by atoms with E-state index in [0.717, 1.165) is 11.1 Å². The van der Waals surface area contributed by atoms with E-state index in [4.69, 9.17) is 0 Å². The molecule has 0 aromatic heterocycles. The minimum Gasteiger partial charge on any atom is -0.283 e. The highest BCUT2D eigenvalue weighted by Gasteiger charge is 2.29. The predicted octanol–water partition coefficient (Wildman–Crippen LogP) is 5.70. The number of hydrogen-bond acceptors (Lipinski definition) is 1. The van der Waals surface area contributed by atoms with E-state index in [1.165, 1.54) is 0 Å². The van der Waals surface area contributed by atoms with Crippen molar-refractivity contribution in [1.82, 2.24) is 4.90 Å². The second-order valence-corrected chi connectivity index (χ2v) is 6.07. The van der Waals surface area contributed by atoms with Crippen LogP contribution in [0.1, 0.15) is 22.7 Å². The summed E-state index contributed by atoms with van der Waals surface area (Å²) in [7, 11) is 0. The smallest absolute Gasteiger partial charge is 0.258 e. The molecule has 0 saturated carbocycles. The van der Waals surface area contributed by atoms with Gasteiger partial charge in [-0.25, -0.2) is 8.78 Å². The van der Waals surface area contributed by atoms with Gasteiger partial charge in [-0.05, 0) is 16.7 Å². The molecule has 3 rings (SSSR count). The molecule has 0 saturated heterocycles. The van der Waals surface area contributed by atoms with Gasteiger partial charge in [-0.2, -0.15) is 0 Å². The van der Waals surface area contributed by atoms with Gasteiger partial charge < -0.3 is 0 Å². The van der Waals surface area contributed by atoms with Crippen LogP contribution >= 0.6 is 0 Å². The van der Waals surface area contributed by atoms with Crippen LogP contribution in [0.4, 0.5) is 8.78 Å². The van der Waals surface area contributed by atoms with E-state index >= 15 is 0 Å². The molecule has 25 heavy (non-hydrogen) atoms. The Balaban J connectivity index is 1.93. The van der Waals surface area contributed by atoms with E-state index in [2.05, 4.69) is 0 Å². The molecule has 0 aliphatic heterocycles. The number of hydrogen-bond donors (Lipinski definition) is 0. The summed E-state index contributed by atoms with van der Waals surface area (Å²) >= 11 is 0. The maximum absolute atomic E-state index is 14.0. The number of benzene rings is 3. The fourth-order valence-electron chi connectivity index (χ4n) is 3.05. The molecule has 0 radical (unpaired) electrons. The molecule has 0 aliphatic rings. The Morgan fingerprint density at radius 1 is 0.600 bits per heavy atom. The summed E-state index contributed by atoms with van der Waals surface area (Å²) in [6.45, 7) is 0.944. The van der Waals surface area contributed by atoms with Gasteiger partial charge in [0.05, 0.1) is 6.04 Å². The topological polar surface area (TPSA) is 3.24 Å². The molecular formula is C22H21F2N. The number of rotatable bonds is 7. The molecule has 1 nitrogen and oxygen atoms in total. The van der Waals surface area contributed by atoms with Crippen LogP contribution in [0.3, 0.4) is 0 Å². The summed E-state index contributed by atoms with van der Waals surface area (Å²) in [5, 5.41) is 0. The van der Waals surface area contributed by atoms with Crippen LogP contribution in [0.5, 0.6) is 0 Å². The first-order chi connectivity index (χ1) is 12.2. The number of halogens is 2. The van der Waals surface area contributed by atoms with Crippen LogP contribution in [0.25, 0.3) is 0 Å². The Labute approximate surface area is 147 Å². The molecule has 3 heteroatoms. The average Bonchev–Trinajstić information content (AvgIpc) is 2.64. The van der Waals surface area contributed by atoms with Gasteiger partial charge >= 0.3 is 0 Å². The maximum Gasteiger partial charge on any atom is 0.258 e. The predicted molar refractivity (Wildman–Crippen MR) is 97.3 cm³/mol. The summed E-state index contributed by atoms with van der Waals surface area (Å²) in [5.41, 5.74) is 2.70. The highest BCUT2D eigenvalue weighted by atomic mass is 19.3. The first kappa shape index (κ1) is 17.3. The molecule has 1 atom stereocenters. The SMILES string of the molecule is FC(F)C(c1ccccc1)N(Cc1ccccc1)Cc1ccccc1. The largest absolute Gasteiger partial charge is 0.283 e. The normalized spacial score (nSPS) is 12.5. The van der Waals surface area contributed by atoms with Crippen molar-refractivity contribution in [2.75, 3.05) is 0 Å². The van der Waals surface area contributed by atoms with Gasteiger partial charge in [0.1, 0.15) is 0 Å². The summed E-state index contributed by atoms with van der Waals surface area (Å²) in [6, 6.07) is 27.6. The monoisotopic (exact) mass is 337 g/mol. The molecular weight excluding hydrogens is 316 g/mol. The van der Waals surface area contributed by atoms with Gasteiger partial charge in [0, 0.05) is 13.1 Å². The molecule has 1 unspecified atom stereocenters. The van der Waals surface area contributed by atoms with E-state index in [9.17, 15) is 8.78 Å². The van der Waals surface area contributed by atoms with Crippen LogP contribution in [0.2, 0.25) is 0 Å². The van der Waals surface area contributed by atoms with Crippen molar-refractivity contribution in [3.63, 3.8) is 0 Å².